The van der Waals surface area contributed by atoms with Crippen LogP contribution in [0.1, 0.15) is 71.3 Å². The lowest BCUT2D eigenvalue weighted by molar-refractivity contribution is -0.0608. The maximum absolute atomic E-state index is 11.7. The van der Waals surface area contributed by atoms with E-state index >= 15 is 0 Å². The molecule has 135 valence electrons. The molecule has 2 unspecified atom stereocenters. The molecule has 0 aliphatic carbocycles. The molecule has 0 saturated carbocycles. The van der Waals surface area contributed by atoms with Gasteiger partial charge in [-0.05, 0) is 37.3 Å². The third-order valence-electron chi connectivity index (χ3n) is 5.41. The van der Waals surface area contributed by atoms with Crippen LogP contribution in [0.25, 0.3) is 0 Å². The van der Waals surface area contributed by atoms with Crippen LogP contribution >= 0.6 is 0 Å². The van der Waals surface area contributed by atoms with Gasteiger partial charge in [-0.15, -0.1) is 0 Å². The molecular weight excluding hydrogens is 294 g/mol. The third-order valence-corrected chi connectivity index (χ3v) is 5.41. The number of rotatable bonds is 9. The Kier molecular flexibility index (Phi) is 7.77. The molecule has 2 nitrogen and oxygen atoms in total. The van der Waals surface area contributed by atoms with Crippen LogP contribution in [0.15, 0.2) is 30.3 Å². The minimum absolute atomic E-state index is 0.342. The van der Waals surface area contributed by atoms with Crippen LogP contribution in [0.5, 0.6) is 0 Å². The van der Waals surface area contributed by atoms with E-state index in [1.807, 2.05) is 6.07 Å². The molecule has 1 aromatic rings. The Balaban J connectivity index is 2.12. The summed E-state index contributed by atoms with van der Waals surface area (Å²) in [6.07, 6.45) is 8.08. The normalized spacial score (nSPS) is 21.8. The number of hydrogen-bond donors (Lipinski definition) is 1. The molecule has 1 heterocycles. The zero-order valence-corrected chi connectivity index (χ0v) is 15.9. The number of piperidine rings is 1. The van der Waals surface area contributed by atoms with Crippen molar-refractivity contribution in [3.8, 4) is 0 Å². The molecule has 1 N–H and O–H groups in total. The summed E-state index contributed by atoms with van der Waals surface area (Å²) in [7, 11) is 0. The SMILES string of the molecule is CCCCCCC(O)(c1ccccc1)C1CCCN(C[C](C)C)C1. The lowest BCUT2D eigenvalue weighted by Crippen LogP contribution is -2.47. The lowest BCUT2D eigenvalue weighted by Gasteiger charge is -2.43. The smallest absolute Gasteiger partial charge is 0.0936 e. The molecule has 1 radical (unpaired) electrons. The monoisotopic (exact) mass is 330 g/mol. The maximum Gasteiger partial charge on any atom is 0.0936 e. The summed E-state index contributed by atoms with van der Waals surface area (Å²) < 4.78 is 0. The van der Waals surface area contributed by atoms with Crippen LogP contribution in [0.3, 0.4) is 0 Å². The fourth-order valence-corrected chi connectivity index (χ4v) is 4.17. The van der Waals surface area contributed by atoms with Crippen molar-refractivity contribution in [1.82, 2.24) is 4.90 Å². The molecule has 2 atom stereocenters. The predicted octanol–water partition coefficient (Wildman–Crippen LogP) is 5.17. The first kappa shape index (κ1) is 19.5. The van der Waals surface area contributed by atoms with Crippen LogP contribution < -0.4 is 0 Å². The number of benzene rings is 1. The summed E-state index contributed by atoms with van der Waals surface area (Å²) in [5.41, 5.74) is 0.445. The second kappa shape index (κ2) is 9.58. The molecule has 1 aliphatic heterocycles. The van der Waals surface area contributed by atoms with Crippen LogP contribution in [-0.2, 0) is 5.60 Å². The molecule has 1 aromatic carbocycles. The van der Waals surface area contributed by atoms with Crippen molar-refractivity contribution in [3.63, 3.8) is 0 Å². The predicted molar refractivity (Wildman–Crippen MR) is 103 cm³/mol. The van der Waals surface area contributed by atoms with E-state index in [1.54, 1.807) is 0 Å². The van der Waals surface area contributed by atoms with Crippen molar-refractivity contribution in [3.05, 3.63) is 41.8 Å². The average Bonchev–Trinajstić information content (AvgIpc) is 2.59. The van der Waals surface area contributed by atoms with Gasteiger partial charge in [-0.2, -0.15) is 0 Å². The summed E-state index contributed by atoms with van der Waals surface area (Å²) in [6, 6.07) is 10.4. The van der Waals surface area contributed by atoms with Gasteiger partial charge in [0.1, 0.15) is 0 Å². The first-order valence-corrected chi connectivity index (χ1v) is 9.85. The number of nitrogens with zero attached hydrogens (tertiary/aromatic N) is 1. The van der Waals surface area contributed by atoms with E-state index < -0.39 is 5.60 Å². The second-order valence-electron chi connectivity index (χ2n) is 7.88. The molecule has 0 spiro atoms. The van der Waals surface area contributed by atoms with Crippen molar-refractivity contribution in [2.75, 3.05) is 19.6 Å². The summed E-state index contributed by atoms with van der Waals surface area (Å²) in [6.45, 7) is 9.91. The highest BCUT2D eigenvalue weighted by molar-refractivity contribution is 5.23. The Morgan fingerprint density at radius 1 is 1.17 bits per heavy atom. The van der Waals surface area contributed by atoms with E-state index in [9.17, 15) is 5.11 Å². The van der Waals surface area contributed by atoms with Gasteiger partial charge in [-0.1, -0.05) is 76.8 Å². The third kappa shape index (κ3) is 5.32. The van der Waals surface area contributed by atoms with Gasteiger partial charge in [-0.25, -0.2) is 0 Å². The number of aliphatic hydroxyl groups is 1. The lowest BCUT2D eigenvalue weighted by atomic mass is 9.74. The summed E-state index contributed by atoms with van der Waals surface area (Å²) in [5.74, 6) is 1.80. The van der Waals surface area contributed by atoms with Gasteiger partial charge in [0.2, 0.25) is 0 Å². The van der Waals surface area contributed by atoms with Crippen molar-refractivity contribution < 1.29 is 5.11 Å². The molecule has 0 amide bonds. The molecule has 1 aliphatic rings. The van der Waals surface area contributed by atoms with Crippen molar-refractivity contribution in [2.45, 2.75) is 71.3 Å². The van der Waals surface area contributed by atoms with Gasteiger partial charge in [0.25, 0.3) is 0 Å². The summed E-state index contributed by atoms with van der Waals surface area (Å²) >= 11 is 0. The summed E-state index contributed by atoms with van der Waals surface area (Å²) in [5, 5.41) is 11.7. The quantitative estimate of drug-likeness (QED) is 0.631. The van der Waals surface area contributed by atoms with E-state index in [0.29, 0.717) is 5.92 Å². The van der Waals surface area contributed by atoms with Gasteiger partial charge < -0.3 is 10.0 Å². The van der Waals surface area contributed by atoms with Crippen LogP contribution in [0.2, 0.25) is 0 Å². The van der Waals surface area contributed by atoms with Crippen molar-refractivity contribution in [1.29, 1.82) is 0 Å². The van der Waals surface area contributed by atoms with Crippen LogP contribution in [-0.4, -0.2) is 29.6 Å². The fourth-order valence-electron chi connectivity index (χ4n) is 4.17. The minimum Gasteiger partial charge on any atom is -0.385 e. The maximum atomic E-state index is 11.7. The van der Waals surface area contributed by atoms with Gasteiger partial charge in [0, 0.05) is 19.0 Å². The Morgan fingerprint density at radius 2 is 1.92 bits per heavy atom. The van der Waals surface area contributed by atoms with Crippen LogP contribution in [0.4, 0.5) is 0 Å². The minimum atomic E-state index is -0.671. The standard InChI is InChI=1S/C22H36NO/c1-4-5-6-10-15-22(24,20-12-8-7-9-13-20)21-14-11-16-23(18-21)17-19(2)3/h7-9,12-13,21,24H,4-6,10-11,14-18H2,1-3H3. The second-order valence-corrected chi connectivity index (χ2v) is 7.88. The van der Waals surface area contributed by atoms with Crippen molar-refractivity contribution in [2.24, 2.45) is 5.92 Å². The highest BCUT2D eigenvalue weighted by atomic mass is 16.3. The van der Waals surface area contributed by atoms with Crippen LogP contribution in [0, 0.1) is 11.8 Å². The fraction of sp³-hybridized carbons (Fsp3) is 0.682. The van der Waals surface area contributed by atoms with E-state index in [2.05, 4.69) is 49.9 Å². The number of hydrogen-bond acceptors (Lipinski definition) is 2. The average molecular weight is 331 g/mol. The Bertz CT molecular complexity index is 458. The highest BCUT2D eigenvalue weighted by Gasteiger charge is 2.40. The number of unbranched alkanes of at least 4 members (excludes halogenated alkanes) is 3. The highest BCUT2D eigenvalue weighted by Crippen LogP contribution is 2.39. The zero-order chi connectivity index (χ0) is 17.4. The van der Waals surface area contributed by atoms with Gasteiger partial charge in [-0.3, -0.25) is 0 Å². The number of likely N-dealkylation sites (tertiary alicyclic amines) is 1. The molecule has 1 fully saturated rings. The summed E-state index contributed by atoms with van der Waals surface area (Å²) in [4.78, 5) is 2.53. The molecule has 2 rings (SSSR count). The van der Waals surface area contributed by atoms with Gasteiger partial charge in [0.15, 0.2) is 0 Å². The molecule has 0 aromatic heterocycles. The van der Waals surface area contributed by atoms with E-state index in [-0.39, 0.29) is 0 Å². The zero-order valence-electron chi connectivity index (χ0n) is 15.9. The Morgan fingerprint density at radius 3 is 2.58 bits per heavy atom. The van der Waals surface area contributed by atoms with Gasteiger partial charge in [0.05, 0.1) is 5.60 Å². The topological polar surface area (TPSA) is 23.5 Å². The molecule has 1 saturated heterocycles. The van der Waals surface area contributed by atoms with E-state index in [0.717, 1.165) is 37.9 Å². The van der Waals surface area contributed by atoms with Gasteiger partial charge >= 0.3 is 0 Å². The Hall–Kier alpha value is -0.860. The molecular formula is C22H36NO. The molecule has 24 heavy (non-hydrogen) atoms. The first-order valence-electron chi connectivity index (χ1n) is 9.85. The Labute approximate surface area is 149 Å². The van der Waals surface area contributed by atoms with E-state index in [1.165, 1.54) is 38.1 Å². The largest absolute Gasteiger partial charge is 0.385 e. The molecule has 0 bridgehead atoms. The van der Waals surface area contributed by atoms with E-state index in [4.69, 9.17) is 0 Å². The van der Waals surface area contributed by atoms with Crippen molar-refractivity contribution >= 4 is 0 Å². The molecule has 2 heteroatoms. The first-order chi connectivity index (χ1) is 11.6.